The third kappa shape index (κ3) is 22.2. The Labute approximate surface area is 179 Å². The smallest absolute Gasteiger partial charge is 0.0782 e. The molecule has 1 N–H and O–H groups in total. The van der Waals surface area contributed by atoms with Gasteiger partial charge in [0.15, 0.2) is 0 Å². The second kappa shape index (κ2) is 21.6. The van der Waals surface area contributed by atoms with E-state index in [9.17, 15) is 0 Å². The molecule has 0 unspecified atom stereocenters. The van der Waals surface area contributed by atoms with Gasteiger partial charge in [-0.05, 0) is 32.1 Å². The Morgan fingerprint density at radius 2 is 0.714 bits per heavy atom. The maximum Gasteiger partial charge on any atom is 0.0782 e. The first-order valence-corrected chi connectivity index (χ1v) is 13.1. The quantitative estimate of drug-likeness (QED) is 0.137. The summed E-state index contributed by atoms with van der Waals surface area (Å²) in [6.45, 7) is 5.28. The van der Waals surface area contributed by atoms with Gasteiger partial charge in [-0.25, -0.2) is 0 Å². The molecular formula is C26H56NO+. The Bertz CT molecular complexity index is 290. The lowest BCUT2D eigenvalue weighted by Crippen LogP contribution is -2.41. The molecular weight excluding hydrogens is 342 g/mol. The van der Waals surface area contributed by atoms with Crippen LogP contribution in [0.15, 0.2) is 0 Å². The standard InChI is InChI=1S/C26H56NO/c1-4-5-6-7-8-9-10-11-12-13-14-15-16-17-18-21-24-27(2,3)25-22-19-20-23-26-28/h28H,4-26H2,1-3H3/q+1. The maximum atomic E-state index is 8.83. The van der Waals surface area contributed by atoms with Crippen LogP contribution in [0.3, 0.4) is 0 Å². The first kappa shape index (κ1) is 27.9. The highest BCUT2D eigenvalue weighted by Crippen LogP contribution is 2.14. The molecule has 0 radical (unpaired) electrons. The van der Waals surface area contributed by atoms with Gasteiger partial charge in [0, 0.05) is 6.61 Å². The fourth-order valence-electron chi connectivity index (χ4n) is 4.20. The molecule has 0 fully saturated rings. The van der Waals surface area contributed by atoms with E-state index < -0.39 is 0 Å². The van der Waals surface area contributed by atoms with Crippen molar-refractivity contribution < 1.29 is 9.59 Å². The minimum Gasteiger partial charge on any atom is -0.396 e. The largest absolute Gasteiger partial charge is 0.396 e. The average molecular weight is 399 g/mol. The summed E-state index contributed by atoms with van der Waals surface area (Å²) < 4.78 is 1.18. The molecule has 0 aromatic rings. The molecule has 0 aromatic heterocycles. The van der Waals surface area contributed by atoms with E-state index in [1.807, 2.05) is 0 Å². The summed E-state index contributed by atoms with van der Waals surface area (Å²) in [6, 6.07) is 0. The topological polar surface area (TPSA) is 20.2 Å². The summed E-state index contributed by atoms with van der Waals surface area (Å²) in [5.41, 5.74) is 0. The van der Waals surface area contributed by atoms with E-state index in [0.29, 0.717) is 6.61 Å². The minimum absolute atomic E-state index is 0.359. The van der Waals surface area contributed by atoms with Crippen LogP contribution in [0.1, 0.15) is 135 Å². The van der Waals surface area contributed by atoms with E-state index >= 15 is 0 Å². The molecule has 0 aliphatic rings. The second-order valence-electron chi connectivity index (χ2n) is 9.82. The highest BCUT2D eigenvalue weighted by molar-refractivity contribution is 4.50. The predicted octanol–water partition coefficient (Wildman–Crippen LogP) is 7.88. The van der Waals surface area contributed by atoms with Gasteiger partial charge < -0.3 is 9.59 Å². The van der Waals surface area contributed by atoms with Crippen molar-refractivity contribution in [3.05, 3.63) is 0 Å². The summed E-state index contributed by atoms with van der Waals surface area (Å²) in [7, 11) is 4.77. The zero-order chi connectivity index (χ0) is 20.8. The second-order valence-corrected chi connectivity index (χ2v) is 9.82. The molecule has 0 aliphatic carbocycles. The Morgan fingerprint density at radius 1 is 0.429 bits per heavy atom. The number of hydrogen-bond acceptors (Lipinski definition) is 1. The molecule has 0 rings (SSSR count). The summed E-state index contributed by atoms with van der Waals surface area (Å²) in [4.78, 5) is 0. The monoisotopic (exact) mass is 398 g/mol. The third-order valence-electron chi connectivity index (χ3n) is 6.29. The van der Waals surface area contributed by atoms with Crippen molar-refractivity contribution in [2.45, 2.75) is 135 Å². The number of aliphatic hydroxyl groups is 1. The number of nitrogens with zero attached hydrogens (tertiary/aromatic N) is 1. The summed E-state index contributed by atoms with van der Waals surface area (Å²) >= 11 is 0. The Balaban J connectivity index is 3.22. The molecule has 0 aliphatic heterocycles. The van der Waals surface area contributed by atoms with Gasteiger partial charge in [0.25, 0.3) is 0 Å². The normalized spacial score (nSPS) is 12.0. The molecule has 0 amide bonds. The lowest BCUT2D eigenvalue weighted by molar-refractivity contribution is -0.890. The van der Waals surface area contributed by atoms with Gasteiger partial charge >= 0.3 is 0 Å². The van der Waals surface area contributed by atoms with Gasteiger partial charge in [0.2, 0.25) is 0 Å². The number of aliphatic hydroxyl groups excluding tert-OH is 1. The van der Waals surface area contributed by atoms with E-state index in [1.54, 1.807) is 0 Å². The SMILES string of the molecule is CCCCCCCCCCCCCCCCCC[N+](C)(C)CCCCCCO. The van der Waals surface area contributed by atoms with Crippen molar-refractivity contribution in [3.63, 3.8) is 0 Å². The third-order valence-corrected chi connectivity index (χ3v) is 6.29. The number of rotatable bonds is 23. The van der Waals surface area contributed by atoms with Crippen molar-refractivity contribution in [2.24, 2.45) is 0 Å². The van der Waals surface area contributed by atoms with Gasteiger partial charge in [-0.2, -0.15) is 0 Å². The number of unbranched alkanes of at least 4 members (excludes halogenated alkanes) is 18. The van der Waals surface area contributed by atoms with Crippen LogP contribution in [-0.2, 0) is 0 Å². The Morgan fingerprint density at radius 3 is 1.04 bits per heavy atom. The van der Waals surface area contributed by atoms with Crippen LogP contribution in [0.2, 0.25) is 0 Å². The molecule has 0 atom stereocenters. The number of quaternary nitrogens is 1. The van der Waals surface area contributed by atoms with E-state index in [0.717, 1.165) is 6.42 Å². The van der Waals surface area contributed by atoms with Crippen molar-refractivity contribution in [2.75, 3.05) is 33.8 Å². The lowest BCUT2D eigenvalue weighted by atomic mass is 10.0. The number of hydrogen-bond donors (Lipinski definition) is 1. The van der Waals surface area contributed by atoms with Crippen LogP contribution in [0, 0.1) is 0 Å². The van der Waals surface area contributed by atoms with Crippen LogP contribution in [-0.4, -0.2) is 43.4 Å². The van der Waals surface area contributed by atoms with Crippen LogP contribution < -0.4 is 0 Å². The van der Waals surface area contributed by atoms with Crippen molar-refractivity contribution in [3.8, 4) is 0 Å². The molecule has 0 spiro atoms. The van der Waals surface area contributed by atoms with Gasteiger partial charge in [-0.3, -0.25) is 0 Å². The maximum absolute atomic E-state index is 8.83. The van der Waals surface area contributed by atoms with Crippen LogP contribution in [0.5, 0.6) is 0 Å². The van der Waals surface area contributed by atoms with Gasteiger partial charge in [0.1, 0.15) is 0 Å². The molecule has 28 heavy (non-hydrogen) atoms. The summed E-state index contributed by atoms with van der Waals surface area (Å²) in [5.74, 6) is 0. The zero-order valence-electron chi connectivity index (χ0n) is 20.2. The molecule has 2 nitrogen and oxygen atoms in total. The highest BCUT2D eigenvalue weighted by Gasteiger charge is 2.13. The lowest BCUT2D eigenvalue weighted by Gasteiger charge is -2.30. The molecule has 0 heterocycles. The molecule has 2 heteroatoms. The molecule has 0 saturated heterocycles. The average Bonchev–Trinajstić information content (AvgIpc) is 2.67. The molecule has 0 bridgehead atoms. The fraction of sp³-hybridized carbons (Fsp3) is 1.00. The van der Waals surface area contributed by atoms with Crippen molar-refractivity contribution >= 4 is 0 Å². The van der Waals surface area contributed by atoms with Crippen molar-refractivity contribution in [1.82, 2.24) is 0 Å². The van der Waals surface area contributed by atoms with E-state index in [-0.39, 0.29) is 0 Å². The zero-order valence-corrected chi connectivity index (χ0v) is 20.2. The van der Waals surface area contributed by atoms with Gasteiger partial charge in [0.05, 0.1) is 27.2 Å². The fourth-order valence-corrected chi connectivity index (χ4v) is 4.20. The van der Waals surface area contributed by atoms with Crippen LogP contribution in [0.25, 0.3) is 0 Å². The first-order chi connectivity index (χ1) is 13.6. The minimum atomic E-state index is 0.359. The summed E-state index contributed by atoms with van der Waals surface area (Å²) in [5, 5.41) is 8.83. The molecule has 0 aromatic carbocycles. The van der Waals surface area contributed by atoms with Gasteiger partial charge in [-0.1, -0.05) is 103 Å². The van der Waals surface area contributed by atoms with E-state index in [2.05, 4.69) is 21.0 Å². The molecule has 170 valence electrons. The van der Waals surface area contributed by atoms with Crippen LogP contribution >= 0.6 is 0 Å². The highest BCUT2D eigenvalue weighted by atomic mass is 16.2. The van der Waals surface area contributed by atoms with Crippen LogP contribution in [0.4, 0.5) is 0 Å². The Kier molecular flexibility index (Phi) is 21.6. The van der Waals surface area contributed by atoms with Crippen molar-refractivity contribution in [1.29, 1.82) is 0 Å². The summed E-state index contributed by atoms with van der Waals surface area (Å²) in [6.07, 6.45) is 27.9. The molecule has 0 saturated carbocycles. The predicted molar refractivity (Wildman–Crippen MR) is 127 cm³/mol. The van der Waals surface area contributed by atoms with Gasteiger partial charge in [-0.15, -0.1) is 0 Å². The first-order valence-electron chi connectivity index (χ1n) is 13.1. The Hall–Kier alpha value is -0.0800. The van der Waals surface area contributed by atoms with E-state index in [1.165, 1.54) is 140 Å². The van der Waals surface area contributed by atoms with E-state index in [4.69, 9.17) is 5.11 Å².